The van der Waals surface area contributed by atoms with Crippen LogP contribution in [0, 0.1) is 3.57 Å². The molecule has 2 aromatic rings. The Balaban J connectivity index is 2.20. The predicted octanol–water partition coefficient (Wildman–Crippen LogP) is 3.55. The zero-order valence-electron chi connectivity index (χ0n) is 10.2. The number of pyridine rings is 2. The van der Waals surface area contributed by atoms with Gasteiger partial charge < -0.3 is 5.32 Å². The van der Waals surface area contributed by atoms with Gasteiger partial charge in [-0.2, -0.15) is 0 Å². The highest BCUT2D eigenvalue weighted by Gasteiger charge is 2.09. The van der Waals surface area contributed by atoms with E-state index in [1.165, 1.54) is 0 Å². The van der Waals surface area contributed by atoms with Crippen molar-refractivity contribution in [3.63, 3.8) is 0 Å². The molecule has 98 valence electrons. The maximum atomic E-state index is 12.1. The average molecular weight is 388 g/mol. The van der Waals surface area contributed by atoms with Gasteiger partial charge in [-0.15, -0.1) is 0 Å². The number of carbonyl (C=O) groups is 1. The number of hydrogen-bond acceptors (Lipinski definition) is 3. The molecule has 0 atom stereocenters. The van der Waals surface area contributed by atoms with E-state index in [9.17, 15) is 4.79 Å². The molecule has 2 heterocycles. The molecule has 1 N–H and O–H groups in total. The van der Waals surface area contributed by atoms with Crippen molar-refractivity contribution in [1.29, 1.82) is 0 Å². The van der Waals surface area contributed by atoms with Crippen LogP contribution >= 0.6 is 34.2 Å². The van der Waals surface area contributed by atoms with Gasteiger partial charge in [0.15, 0.2) is 0 Å². The molecule has 0 radical (unpaired) electrons. The highest BCUT2D eigenvalue weighted by molar-refractivity contribution is 14.1. The summed E-state index contributed by atoms with van der Waals surface area (Å²) in [5.74, 6) is 0.268. The molecule has 0 unspecified atom stereocenters. The Morgan fingerprint density at radius 2 is 2.21 bits per heavy atom. The third-order valence-electron chi connectivity index (χ3n) is 2.44. The molecule has 6 heteroatoms. The number of hydrogen-bond donors (Lipinski definition) is 1. The van der Waals surface area contributed by atoms with Gasteiger partial charge in [-0.05, 0) is 53.3 Å². The van der Waals surface area contributed by atoms with Crippen LogP contribution in [0.5, 0.6) is 0 Å². The van der Waals surface area contributed by atoms with Gasteiger partial charge in [0.25, 0.3) is 5.91 Å². The molecule has 4 nitrogen and oxygen atoms in total. The maximum absolute atomic E-state index is 12.1. The molecule has 0 aliphatic carbocycles. The Labute approximate surface area is 129 Å². The van der Waals surface area contributed by atoms with Crippen molar-refractivity contribution >= 4 is 45.9 Å². The molecule has 0 saturated carbocycles. The molecule has 0 aliphatic heterocycles. The van der Waals surface area contributed by atoms with Crippen LogP contribution in [0.4, 0.5) is 5.82 Å². The molecule has 0 spiro atoms. The molecular weight excluding hydrogens is 377 g/mol. The molecular formula is C13H11ClIN3O. The van der Waals surface area contributed by atoms with E-state index in [4.69, 9.17) is 11.6 Å². The lowest BCUT2D eigenvalue weighted by Gasteiger charge is -2.06. The number of amides is 1. The van der Waals surface area contributed by atoms with Crippen molar-refractivity contribution < 1.29 is 4.79 Å². The standard InChI is InChI=1S/C13H11ClIN3O/c1-2-10-5-8(6-11(14)17-10)13(19)18-12-4-3-9(15)7-16-12/h3-7H,2H2,1H3,(H,16,18,19). The summed E-state index contributed by atoms with van der Waals surface area (Å²) in [4.78, 5) is 20.3. The van der Waals surface area contributed by atoms with Crippen molar-refractivity contribution in [3.8, 4) is 0 Å². The summed E-state index contributed by atoms with van der Waals surface area (Å²) in [6.45, 7) is 1.96. The van der Waals surface area contributed by atoms with Crippen LogP contribution in [-0.4, -0.2) is 15.9 Å². The van der Waals surface area contributed by atoms with Gasteiger partial charge in [-0.1, -0.05) is 18.5 Å². The molecule has 1 amide bonds. The van der Waals surface area contributed by atoms with E-state index < -0.39 is 0 Å². The minimum atomic E-state index is -0.243. The lowest BCUT2D eigenvalue weighted by atomic mass is 10.2. The zero-order valence-corrected chi connectivity index (χ0v) is 13.1. The third-order valence-corrected chi connectivity index (χ3v) is 3.27. The Bertz CT molecular complexity index is 601. The summed E-state index contributed by atoms with van der Waals surface area (Å²) in [6.07, 6.45) is 2.41. The highest BCUT2D eigenvalue weighted by Crippen LogP contribution is 2.14. The van der Waals surface area contributed by atoms with Crippen LogP contribution in [0.2, 0.25) is 5.15 Å². The summed E-state index contributed by atoms with van der Waals surface area (Å²) in [5.41, 5.74) is 1.27. The summed E-state index contributed by atoms with van der Waals surface area (Å²) < 4.78 is 1.01. The molecule has 2 aromatic heterocycles. The lowest BCUT2D eigenvalue weighted by Crippen LogP contribution is -2.13. The van der Waals surface area contributed by atoms with Gasteiger partial charge >= 0.3 is 0 Å². The van der Waals surface area contributed by atoms with Crippen LogP contribution in [-0.2, 0) is 6.42 Å². The minimum absolute atomic E-state index is 0.243. The number of carbonyl (C=O) groups excluding carboxylic acids is 1. The second-order valence-electron chi connectivity index (χ2n) is 3.84. The van der Waals surface area contributed by atoms with E-state index in [1.807, 2.05) is 13.0 Å². The molecule has 2 rings (SSSR count). The van der Waals surface area contributed by atoms with E-state index in [2.05, 4.69) is 37.9 Å². The molecule has 0 saturated heterocycles. The molecule has 0 aliphatic rings. The Hall–Kier alpha value is -1.21. The van der Waals surface area contributed by atoms with Crippen LogP contribution < -0.4 is 5.32 Å². The Kier molecular flexibility index (Phi) is 4.71. The molecule has 0 fully saturated rings. The first kappa shape index (κ1) is 14.2. The summed E-state index contributed by atoms with van der Waals surface area (Å²) in [6, 6.07) is 6.90. The summed E-state index contributed by atoms with van der Waals surface area (Å²) in [5, 5.41) is 3.04. The molecule has 19 heavy (non-hydrogen) atoms. The lowest BCUT2D eigenvalue weighted by molar-refractivity contribution is 0.102. The van der Waals surface area contributed by atoms with E-state index >= 15 is 0 Å². The normalized spacial score (nSPS) is 10.3. The zero-order chi connectivity index (χ0) is 13.8. The van der Waals surface area contributed by atoms with Crippen molar-refractivity contribution in [3.05, 3.63) is 50.4 Å². The fourth-order valence-electron chi connectivity index (χ4n) is 1.50. The Morgan fingerprint density at radius 1 is 1.42 bits per heavy atom. The first-order chi connectivity index (χ1) is 9.08. The first-order valence-electron chi connectivity index (χ1n) is 5.68. The van der Waals surface area contributed by atoms with Gasteiger partial charge in [0.1, 0.15) is 11.0 Å². The molecule has 0 aromatic carbocycles. The monoisotopic (exact) mass is 387 g/mol. The third kappa shape index (κ3) is 3.87. The minimum Gasteiger partial charge on any atom is -0.307 e. The van der Waals surface area contributed by atoms with Crippen molar-refractivity contribution in [2.75, 3.05) is 5.32 Å². The van der Waals surface area contributed by atoms with E-state index in [1.54, 1.807) is 24.4 Å². The smallest absolute Gasteiger partial charge is 0.256 e. The van der Waals surface area contributed by atoms with Crippen LogP contribution in [0.15, 0.2) is 30.5 Å². The quantitative estimate of drug-likeness (QED) is 0.647. The van der Waals surface area contributed by atoms with Gasteiger partial charge in [0.2, 0.25) is 0 Å². The van der Waals surface area contributed by atoms with Crippen molar-refractivity contribution in [2.45, 2.75) is 13.3 Å². The van der Waals surface area contributed by atoms with Gasteiger partial charge in [0, 0.05) is 21.0 Å². The largest absolute Gasteiger partial charge is 0.307 e. The highest BCUT2D eigenvalue weighted by atomic mass is 127. The van der Waals surface area contributed by atoms with Crippen LogP contribution in [0.3, 0.4) is 0 Å². The van der Waals surface area contributed by atoms with Crippen molar-refractivity contribution in [2.24, 2.45) is 0 Å². The van der Waals surface area contributed by atoms with Gasteiger partial charge in [-0.3, -0.25) is 4.79 Å². The fourth-order valence-corrected chi connectivity index (χ4v) is 2.05. The van der Waals surface area contributed by atoms with E-state index in [0.717, 1.165) is 15.7 Å². The number of rotatable bonds is 3. The first-order valence-corrected chi connectivity index (χ1v) is 7.13. The topological polar surface area (TPSA) is 54.9 Å². The number of nitrogens with one attached hydrogen (secondary N) is 1. The van der Waals surface area contributed by atoms with Crippen molar-refractivity contribution in [1.82, 2.24) is 9.97 Å². The second-order valence-corrected chi connectivity index (χ2v) is 5.47. The summed E-state index contributed by atoms with van der Waals surface area (Å²) in [7, 11) is 0. The predicted molar refractivity (Wildman–Crippen MR) is 83.5 cm³/mol. The number of aromatic nitrogens is 2. The van der Waals surface area contributed by atoms with Crippen LogP contribution in [0.25, 0.3) is 0 Å². The van der Waals surface area contributed by atoms with E-state index in [-0.39, 0.29) is 5.91 Å². The average Bonchev–Trinajstić information content (AvgIpc) is 2.40. The molecule has 0 bridgehead atoms. The van der Waals surface area contributed by atoms with Crippen LogP contribution in [0.1, 0.15) is 23.0 Å². The van der Waals surface area contributed by atoms with E-state index in [0.29, 0.717) is 16.5 Å². The number of nitrogens with zero attached hydrogens (tertiary/aromatic N) is 2. The SMILES string of the molecule is CCc1cc(C(=O)Nc2ccc(I)cn2)cc(Cl)n1. The maximum Gasteiger partial charge on any atom is 0.256 e. The van der Waals surface area contributed by atoms with Gasteiger partial charge in [0.05, 0.1) is 0 Å². The summed E-state index contributed by atoms with van der Waals surface area (Å²) >= 11 is 8.04. The van der Waals surface area contributed by atoms with Gasteiger partial charge in [-0.25, -0.2) is 9.97 Å². The fraction of sp³-hybridized carbons (Fsp3) is 0.154. The Morgan fingerprint density at radius 3 is 2.84 bits per heavy atom. The second kappa shape index (κ2) is 6.29. The number of aryl methyl sites for hydroxylation is 1. The number of anilines is 1. The number of halogens is 2.